The molecule has 1 saturated heterocycles. The van der Waals surface area contributed by atoms with E-state index in [-0.39, 0.29) is 29.8 Å². The molecule has 1 aliphatic rings. The molecule has 1 fully saturated rings. The number of fused-ring (bicyclic) bond motifs is 1. The van der Waals surface area contributed by atoms with Gasteiger partial charge in [-0.3, -0.25) is 14.4 Å². The minimum atomic E-state index is -3.75. The van der Waals surface area contributed by atoms with Crippen molar-refractivity contribution >= 4 is 42.6 Å². The van der Waals surface area contributed by atoms with Gasteiger partial charge in [0.05, 0.1) is 27.4 Å². The summed E-state index contributed by atoms with van der Waals surface area (Å²) < 4.78 is 43.6. The third-order valence-electron chi connectivity index (χ3n) is 6.67. The summed E-state index contributed by atoms with van der Waals surface area (Å²) in [5.74, 6) is -0.870. The molecular weight excluding hydrogens is 513 g/mol. The maximum Gasteiger partial charge on any atom is 0.243 e. The molecule has 11 heteroatoms. The SMILES string of the molecule is Cc1cc(C)n(CCN(C(=O)C2CCN(S(=O)(=O)c3ccc(F)cc3)CC2)c2nc3ccccc3s2)n1. The van der Waals surface area contributed by atoms with Gasteiger partial charge in [0.2, 0.25) is 15.9 Å². The van der Waals surface area contributed by atoms with E-state index in [9.17, 15) is 17.6 Å². The van der Waals surface area contributed by atoms with Gasteiger partial charge in [-0.1, -0.05) is 23.5 Å². The molecule has 8 nitrogen and oxygen atoms in total. The number of hydrogen-bond donors (Lipinski definition) is 0. The molecule has 1 amide bonds. The van der Waals surface area contributed by atoms with E-state index >= 15 is 0 Å². The van der Waals surface area contributed by atoms with Crippen LogP contribution in [0.1, 0.15) is 24.2 Å². The van der Waals surface area contributed by atoms with Crippen LogP contribution >= 0.6 is 11.3 Å². The summed E-state index contributed by atoms with van der Waals surface area (Å²) in [5.41, 5.74) is 2.78. The lowest BCUT2D eigenvalue weighted by Crippen LogP contribution is -2.45. The Morgan fingerprint density at radius 3 is 2.46 bits per heavy atom. The van der Waals surface area contributed by atoms with Gasteiger partial charge in [-0.2, -0.15) is 9.40 Å². The van der Waals surface area contributed by atoms with Crippen molar-refractivity contribution < 1.29 is 17.6 Å². The minimum Gasteiger partial charge on any atom is -0.286 e. The van der Waals surface area contributed by atoms with Crippen LogP contribution in [0.15, 0.2) is 59.5 Å². The van der Waals surface area contributed by atoms with Crippen molar-refractivity contribution in [2.24, 2.45) is 5.92 Å². The third kappa shape index (κ3) is 5.29. The fraction of sp³-hybridized carbons (Fsp3) is 0.346. The Kier molecular flexibility index (Phi) is 7.11. The summed E-state index contributed by atoms with van der Waals surface area (Å²) in [6, 6.07) is 14.6. The van der Waals surface area contributed by atoms with E-state index in [1.165, 1.54) is 27.8 Å². The second-order valence-corrected chi connectivity index (χ2v) is 12.2. The Labute approximate surface area is 219 Å². The van der Waals surface area contributed by atoms with Crippen LogP contribution in [0.2, 0.25) is 0 Å². The largest absolute Gasteiger partial charge is 0.286 e. The number of hydrogen-bond acceptors (Lipinski definition) is 6. The molecule has 4 aromatic rings. The van der Waals surface area contributed by atoms with Crippen LogP contribution in [-0.4, -0.2) is 53.0 Å². The Balaban J connectivity index is 1.34. The van der Waals surface area contributed by atoms with E-state index in [2.05, 4.69) is 5.10 Å². The fourth-order valence-electron chi connectivity index (χ4n) is 4.69. The van der Waals surface area contributed by atoms with E-state index in [1.807, 2.05) is 48.9 Å². The lowest BCUT2D eigenvalue weighted by Gasteiger charge is -2.33. The van der Waals surface area contributed by atoms with Crippen molar-refractivity contribution in [1.82, 2.24) is 19.1 Å². The number of thiazole rings is 1. The monoisotopic (exact) mass is 541 g/mol. The van der Waals surface area contributed by atoms with Crippen LogP contribution in [0.25, 0.3) is 10.2 Å². The predicted molar refractivity (Wildman–Crippen MR) is 142 cm³/mol. The van der Waals surface area contributed by atoms with Gasteiger partial charge in [-0.05, 0) is 69.2 Å². The van der Waals surface area contributed by atoms with Gasteiger partial charge < -0.3 is 0 Å². The standard InChI is InChI=1S/C26H28FN5O3S2/c1-18-17-19(2)32(29-18)16-15-31(26-28-23-5-3-4-6-24(23)36-26)25(33)20-11-13-30(14-12-20)37(34,35)22-9-7-21(27)8-10-22/h3-10,17,20H,11-16H2,1-2H3. The van der Waals surface area contributed by atoms with Gasteiger partial charge in [-0.25, -0.2) is 17.8 Å². The van der Waals surface area contributed by atoms with E-state index < -0.39 is 15.8 Å². The van der Waals surface area contributed by atoms with Gasteiger partial charge in [0.1, 0.15) is 5.82 Å². The number of aromatic nitrogens is 3. The second kappa shape index (κ2) is 10.3. The number of anilines is 1. The van der Waals surface area contributed by atoms with Crippen molar-refractivity contribution in [1.29, 1.82) is 0 Å². The molecule has 2 aromatic heterocycles. The van der Waals surface area contributed by atoms with E-state index in [4.69, 9.17) is 4.98 Å². The summed E-state index contributed by atoms with van der Waals surface area (Å²) in [5, 5.41) is 5.16. The molecule has 0 unspecified atom stereocenters. The molecular formula is C26H28FN5O3S2. The first-order chi connectivity index (χ1) is 17.7. The first kappa shape index (κ1) is 25.5. The van der Waals surface area contributed by atoms with E-state index in [0.717, 1.165) is 33.7 Å². The third-order valence-corrected chi connectivity index (χ3v) is 9.65. The van der Waals surface area contributed by atoms with Crippen molar-refractivity contribution in [3.8, 4) is 0 Å². The number of rotatable bonds is 7. The summed E-state index contributed by atoms with van der Waals surface area (Å²) in [6.07, 6.45) is 0.807. The molecule has 1 aliphatic heterocycles. The van der Waals surface area contributed by atoms with Crippen molar-refractivity contribution in [3.05, 3.63) is 71.8 Å². The number of sulfonamides is 1. The summed E-state index contributed by atoms with van der Waals surface area (Å²) in [4.78, 5) is 20.3. The zero-order valence-corrected chi connectivity index (χ0v) is 22.3. The topological polar surface area (TPSA) is 88.4 Å². The van der Waals surface area contributed by atoms with Crippen LogP contribution in [0.5, 0.6) is 0 Å². The first-order valence-corrected chi connectivity index (χ1v) is 14.4. The molecule has 0 atom stereocenters. The highest BCUT2D eigenvalue weighted by Crippen LogP contribution is 2.32. The quantitative estimate of drug-likeness (QED) is 0.347. The number of piperidine rings is 1. The number of halogens is 1. The van der Waals surface area contributed by atoms with Gasteiger partial charge in [-0.15, -0.1) is 0 Å². The molecule has 194 valence electrons. The number of nitrogens with zero attached hydrogens (tertiary/aromatic N) is 5. The lowest BCUT2D eigenvalue weighted by molar-refractivity contribution is -0.123. The molecule has 0 N–H and O–H groups in total. The molecule has 0 spiro atoms. The molecule has 3 heterocycles. The second-order valence-electron chi connectivity index (χ2n) is 9.24. The summed E-state index contributed by atoms with van der Waals surface area (Å²) in [7, 11) is -3.75. The van der Waals surface area contributed by atoms with Gasteiger partial charge in [0.15, 0.2) is 5.13 Å². The van der Waals surface area contributed by atoms with Crippen molar-refractivity contribution in [3.63, 3.8) is 0 Å². The molecule has 0 bridgehead atoms. The Bertz CT molecular complexity index is 1490. The number of amides is 1. The maximum atomic E-state index is 13.8. The fourth-order valence-corrected chi connectivity index (χ4v) is 7.16. The molecule has 5 rings (SSSR count). The summed E-state index contributed by atoms with van der Waals surface area (Å²) >= 11 is 1.47. The van der Waals surface area contributed by atoms with Gasteiger partial charge in [0, 0.05) is 31.2 Å². The van der Waals surface area contributed by atoms with Crippen LogP contribution in [0.4, 0.5) is 9.52 Å². The summed E-state index contributed by atoms with van der Waals surface area (Å²) in [6.45, 7) is 5.31. The number of carbonyl (C=O) groups is 1. The Morgan fingerprint density at radius 1 is 1.11 bits per heavy atom. The molecule has 2 aromatic carbocycles. The van der Waals surface area contributed by atoms with Crippen LogP contribution < -0.4 is 4.90 Å². The zero-order valence-electron chi connectivity index (χ0n) is 20.7. The number of carbonyl (C=O) groups excluding carboxylic acids is 1. The van der Waals surface area contributed by atoms with Crippen LogP contribution in [0, 0.1) is 25.6 Å². The average molecular weight is 542 g/mol. The molecule has 0 saturated carbocycles. The lowest BCUT2D eigenvalue weighted by atomic mass is 9.96. The Morgan fingerprint density at radius 2 is 1.81 bits per heavy atom. The minimum absolute atomic E-state index is 0.0552. The number of para-hydroxylation sites is 1. The van der Waals surface area contributed by atoms with Crippen molar-refractivity contribution in [2.75, 3.05) is 24.5 Å². The van der Waals surface area contributed by atoms with Crippen LogP contribution in [-0.2, 0) is 21.4 Å². The van der Waals surface area contributed by atoms with E-state index in [0.29, 0.717) is 31.1 Å². The first-order valence-electron chi connectivity index (χ1n) is 12.2. The zero-order chi connectivity index (χ0) is 26.2. The highest BCUT2D eigenvalue weighted by atomic mass is 32.2. The average Bonchev–Trinajstić information content (AvgIpc) is 3.46. The van der Waals surface area contributed by atoms with Crippen molar-refractivity contribution in [2.45, 2.75) is 38.1 Å². The van der Waals surface area contributed by atoms with Gasteiger partial charge in [0.25, 0.3) is 0 Å². The highest BCUT2D eigenvalue weighted by molar-refractivity contribution is 7.89. The smallest absolute Gasteiger partial charge is 0.243 e. The number of benzene rings is 2. The highest BCUT2D eigenvalue weighted by Gasteiger charge is 2.35. The molecule has 0 aliphatic carbocycles. The van der Waals surface area contributed by atoms with Crippen LogP contribution in [0.3, 0.4) is 0 Å². The maximum absolute atomic E-state index is 13.8. The molecule has 0 radical (unpaired) electrons. The van der Waals surface area contributed by atoms with Gasteiger partial charge >= 0.3 is 0 Å². The van der Waals surface area contributed by atoms with E-state index in [1.54, 1.807) is 4.90 Å². The normalized spacial score (nSPS) is 15.3. The molecule has 37 heavy (non-hydrogen) atoms. The number of aryl methyl sites for hydroxylation is 2. The predicted octanol–water partition coefficient (Wildman–Crippen LogP) is 4.38. The Hall–Kier alpha value is -3.15.